The molecule has 0 aliphatic heterocycles. The van der Waals surface area contributed by atoms with Gasteiger partial charge in [-0.25, -0.2) is 0 Å². The minimum absolute atomic E-state index is 0.955. The van der Waals surface area contributed by atoms with E-state index in [1.54, 1.807) is 0 Å². The molecule has 0 aliphatic carbocycles. The first-order chi connectivity index (χ1) is 2.41. The maximum atomic E-state index is 9.47. The van der Waals surface area contributed by atoms with Crippen molar-refractivity contribution < 1.29 is 3.07 Å². The van der Waals surface area contributed by atoms with E-state index in [1.165, 1.54) is 9.62 Å². The van der Waals surface area contributed by atoms with E-state index in [2.05, 4.69) is 0 Å². The highest BCUT2D eigenvalue weighted by molar-refractivity contribution is 14.2. The van der Waals surface area contributed by atoms with E-state index in [4.69, 9.17) is 11.6 Å². The minimum Gasteiger partial charge on any atom is -0.266 e. The molecule has 0 aromatic carbocycles. The molecule has 3 heteroatoms. The Morgan fingerprint density at radius 1 is 1.80 bits per heavy atom. The van der Waals surface area contributed by atoms with Crippen molar-refractivity contribution in [3.8, 4) is 0 Å². The molecule has 0 N–H and O–H groups in total. The molecule has 0 aliphatic rings. The first kappa shape index (κ1) is 5.56. The fourth-order valence-corrected chi connectivity index (χ4v) is 0.391. The maximum Gasteiger partial charge on any atom is 0.174 e. The SMILES string of the molecule is O=I/C=C/Cl. The van der Waals surface area contributed by atoms with Gasteiger partial charge < -0.3 is 0 Å². The lowest BCUT2D eigenvalue weighted by Crippen LogP contribution is -1.15. The molecule has 0 aromatic rings. The van der Waals surface area contributed by atoms with Crippen LogP contribution in [-0.4, -0.2) is 0 Å². The van der Waals surface area contributed by atoms with Crippen molar-refractivity contribution in [3.05, 3.63) is 9.62 Å². The standard InChI is InChI=1S/C2H2ClIO/c3-1-2-4-5/h1-2H/b2-1+. The van der Waals surface area contributed by atoms with Crippen molar-refractivity contribution in [1.29, 1.82) is 0 Å². The summed E-state index contributed by atoms with van der Waals surface area (Å²) < 4.78 is 10.9. The second-order valence-corrected chi connectivity index (χ2v) is 1.82. The van der Waals surface area contributed by atoms with Gasteiger partial charge in [0.1, 0.15) is 0 Å². The van der Waals surface area contributed by atoms with Gasteiger partial charge in [0.25, 0.3) is 0 Å². The topological polar surface area (TPSA) is 17.1 Å². The summed E-state index contributed by atoms with van der Waals surface area (Å²) in [6.45, 7) is 0. The molecule has 5 heavy (non-hydrogen) atoms. The summed E-state index contributed by atoms with van der Waals surface area (Å²) in [6, 6.07) is 0. The molecule has 0 fully saturated rings. The summed E-state index contributed by atoms with van der Waals surface area (Å²) in [5.41, 5.74) is 1.26. The number of hydrogen-bond donors (Lipinski definition) is 0. The lowest BCUT2D eigenvalue weighted by molar-refractivity contribution is 0.648. The Bertz CT molecular complexity index is 51.6. The molecule has 0 bridgehead atoms. The summed E-state index contributed by atoms with van der Waals surface area (Å²) in [7, 11) is 0. The Morgan fingerprint density at radius 2 is 2.40 bits per heavy atom. The smallest absolute Gasteiger partial charge is 0.174 e. The Hall–Kier alpha value is 0.560. The van der Waals surface area contributed by atoms with Gasteiger partial charge in [0.2, 0.25) is 0 Å². The third kappa shape index (κ3) is 4.56. The molecule has 0 atom stereocenters. The number of halogens is 2. The molecule has 0 rings (SSSR count). The zero-order chi connectivity index (χ0) is 4.12. The summed E-state index contributed by atoms with van der Waals surface area (Å²) >= 11 is 3.99. The Labute approximate surface area is 45.7 Å². The summed E-state index contributed by atoms with van der Waals surface area (Å²) in [5.74, 6) is 0. The summed E-state index contributed by atoms with van der Waals surface area (Å²) in [4.78, 5) is 0. The molecule has 30 valence electrons. The van der Waals surface area contributed by atoms with Gasteiger partial charge in [-0.3, -0.25) is 3.07 Å². The molecular weight excluding hydrogens is 202 g/mol. The van der Waals surface area contributed by atoms with Crippen molar-refractivity contribution in [2.45, 2.75) is 0 Å². The van der Waals surface area contributed by atoms with Crippen molar-refractivity contribution >= 4 is 32.8 Å². The highest BCUT2D eigenvalue weighted by Crippen LogP contribution is 1.93. The molecule has 0 saturated carbocycles. The highest BCUT2D eigenvalue weighted by Gasteiger charge is 1.52. The van der Waals surface area contributed by atoms with Crippen LogP contribution in [0.2, 0.25) is 0 Å². The quantitative estimate of drug-likeness (QED) is 0.597. The lowest BCUT2D eigenvalue weighted by atomic mass is 11.3. The average Bonchev–Trinajstić information content (AvgIpc) is 1.41. The first-order valence-electron chi connectivity index (χ1n) is 0.924. The van der Waals surface area contributed by atoms with Crippen LogP contribution in [0.4, 0.5) is 0 Å². The van der Waals surface area contributed by atoms with Gasteiger partial charge in [-0.1, -0.05) is 11.6 Å². The fraction of sp³-hybridized carbons (Fsp3) is 0. The summed E-state index contributed by atoms with van der Waals surface area (Å²) in [6.07, 6.45) is 0. The predicted octanol–water partition coefficient (Wildman–Crippen LogP) is 2.01. The number of hydrogen-bond acceptors (Lipinski definition) is 1. The molecular formula is C2H2ClIO. The maximum absolute atomic E-state index is 9.47. The van der Waals surface area contributed by atoms with Gasteiger partial charge in [-0.15, -0.1) is 0 Å². The Balaban J connectivity index is 2.92. The molecule has 0 aromatic heterocycles. The molecule has 0 amide bonds. The monoisotopic (exact) mass is 204 g/mol. The third-order valence-corrected chi connectivity index (χ3v) is 1.30. The van der Waals surface area contributed by atoms with E-state index in [9.17, 15) is 3.07 Å². The van der Waals surface area contributed by atoms with E-state index in [1.807, 2.05) is 0 Å². The van der Waals surface area contributed by atoms with Crippen LogP contribution in [0.5, 0.6) is 0 Å². The molecule has 0 heterocycles. The van der Waals surface area contributed by atoms with Gasteiger partial charge in [-0.05, 0) is 0 Å². The summed E-state index contributed by atoms with van der Waals surface area (Å²) in [5, 5.41) is 0. The second kappa shape index (κ2) is 4.56. The van der Waals surface area contributed by atoms with Gasteiger partial charge in [0.15, 0.2) is 21.2 Å². The van der Waals surface area contributed by atoms with Crippen LogP contribution >= 0.6 is 32.8 Å². The predicted molar refractivity (Wildman–Crippen MR) is 29.7 cm³/mol. The Kier molecular flexibility index (Phi) is 5.07. The van der Waals surface area contributed by atoms with Gasteiger partial charge >= 0.3 is 0 Å². The highest BCUT2D eigenvalue weighted by atomic mass is 127. The van der Waals surface area contributed by atoms with Gasteiger partial charge in [0, 0.05) is 9.62 Å². The normalized spacial score (nSPS) is 9.80. The van der Waals surface area contributed by atoms with Crippen LogP contribution in [-0.2, 0) is 3.07 Å². The first-order valence-corrected chi connectivity index (χ1v) is 3.49. The van der Waals surface area contributed by atoms with Crippen LogP contribution in [0, 0.1) is 0 Å². The lowest BCUT2D eigenvalue weighted by Gasteiger charge is -1.46. The van der Waals surface area contributed by atoms with Crippen LogP contribution < -0.4 is 0 Å². The van der Waals surface area contributed by atoms with E-state index in [-0.39, 0.29) is 0 Å². The van der Waals surface area contributed by atoms with E-state index < -0.39 is 21.2 Å². The largest absolute Gasteiger partial charge is 0.266 e. The van der Waals surface area contributed by atoms with E-state index in [0.717, 1.165) is 0 Å². The average molecular weight is 204 g/mol. The minimum atomic E-state index is -0.955. The Morgan fingerprint density at radius 3 is 2.40 bits per heavy atom. The fourth-order valence-electron chi connectivity index (χ4n) is 0.0194. The van der Waals surface area contributed by atoms with Crippen molar-refractivity contribution in [2.75, 3.05) is 0 Å². The number of rotatable bonds is 1. The van der Waals surface area contributed by atoms with Crippen LogP contribution in [0.1, 0.15) is 0 Å². The van der Waals surface area contributed by atoms with Crippen molar-refractivity contribution in [1.82, 2.24) is 0 Å². The van der Waals surface area contributed by atoms with Crippen molar-refractivity contribution in [2.24, 2.45) is 0 Å². The van der Waals surface area contributed by atoms with E-state index >= 15 is 0 Å². The molecule has 1 nitrogen and oxygen atoms in total. The zero-order valence-electron chi connectivity index (χ0n) is 2.32. The molecule has 0 radical (unpaired) electrons. The second-order valence-electron chi connectivity index (χ2n) is 0.341. The van der Waals surface area contributed by atoms with Crippen LogP contribution in [0.15, 0.2) is 9.62 Å². The van der Waals surface area contributed by atoms with Crippen LogP contribution in [0.25, 0.3) is 0 Å². The zero-order valence-corrected chi connectivity index (χ0v) is 5.23. The van der Waals surface area contributed by atoms with Crippen molar-refractivity contribution in [3.63, 3.8) is 0 Å². The third-order valence-electron chi connectivity index (χ3n) is 0.0991. The van der Waals surface area contributed by atoms with Crippen LogP contribution in [0.3, 0.4) is 0 Å². The van der Waals surface area contributed by atoms with Gasteiger partial charge in [0.05, 0.1) is 0 Å². The molecule has 0 spiro atoms. The van der Waals surface area contributed by atoms with Gasteiger partial charge in [-0.2, -0.15) is 0 Å². The molecule has 0 saturated heterocycles. The molecule has 0 unspecified atom stereocenters. The van der Waals surface area contributed by atoms with E-state index in [0.29, 0.717) is 0 Å².